The SMILES string of the molecule is Cc1cc(C2C[C@H]2CCC(C)I)n(C(C)C)c1. The van der Waals surface area contributed by atoms with Crippen molar-refractivity contribution in [3.8, 4) is 0 Å². The maximum Gasteiger partial charge on any atom is 0.0277 e. The molecule has 3 atom stereocenters. The standard InChI is InChI=1S/C15H24IN/c1-10(2)17-9-11(3)7-15(17)14-8-13(14)6-5-12(4)16/h7,9-10,12-14H,5-6,8H2,1-4H3/t12?,13-,14?/m1/s1. The molecule has 1 aromatic rings. The molecule has 1 aliphatic carbocycles. The first-order chi connectivity index (χ1) is 7.99. The Labute approximate surface area is 119 Å². The van der Waals surface area contributed by atoms with Crippen LogP contribution in [0, 0.1) is 12.8 Å². The molecule has 1 heterocycles. The van der Waals surface area contributed by atoms with E-state index in [2.05, 4.69) is 67.1 Å². The molecule has 1 aliphatic rings. The first-order valence-electron chi connectivity index (χ1n) is 6.81. The van der Waals surface area contributed by atoms with Crippen LogP contribution in [0.25, 0.3) is 0 Å². The molecule has 1 nitrogen and oxygen atoms in total. The summed E-state index contributed by atoms with van der Waals surface area (Å²) in [7, 11) is 0. The largest absolute Gasteiger partial charge is 0.348 e. The normalized spacial score (nSPS) is 25.3. The number of rotatable bonds is 5. The van der Waals surface area contributed by atoms with E-state index in [1.165, 1.54) is 24.8 Å². The van der Waals surface area contributed by atoms with E-state index in [-0.39, 0.29) is 0 Å². The van der Waals surface area contributed by atoms with E-state index in [9.17, 15) is 0 Å². The van der Waals surface area contributed by atoms with Gasteiger partial charge in [-0.05, 0) is 57.6 Å². The van der Waals surface area contributed by atoms with Crippen LogP contribution in [0.3, 0.4) is 0 Å². The highest BCUT2D eigenvalue weighted by Gasteiger charge is 2.39. The van der Waals surface area contributed by atoms with Gasteiger partial charge in [0.25, 0.3) is 0 Å². The molecule has 2 heteroatoms. The molecule has 0 aliphatic heterocycles. The topological polar surface area (TPSA) is 4.93 Å². The Morgan fingerprint density at radius 3 is 2.71 bits per heavy atom. The van der Waals surface area contributed by atoms with E-state index >= 15 is 0 Å². The van der Waals surface area contributed by atoms with Gasteiger partial charge in [0.15, 0.2) is 0 Å². The number of hydrogen-bond acceptors (Lipinski definition) is 0. The Kier molecular flexibility index (Phi) is 4.22. The van der Waals surface area contributed by atoms with Crippen LogP contribution in [0.2, 0.25) is 0 Å². The number of nitrogens with zero attached hydrogens (tertiary/aromatic N) is 1. The molecule has 1 aromatic heterocycles. The molecule has 0 amide bonds. The smallest absolute Gasteiger partial charge is 0.0277 e. The Bertz CT molecular complexity index is 378. The van der Waals surface area contributed by atoms with Gasteiger partial charge in [-0.25, -0.2) is 0 Å². The van der Waals surface area contributed by atoms with Crippen molar-refractivity contribution in [2.45, 2.75) is 62.8 Å². The number of aromatic nitrogens is 1. The van der Waals surface area contributed by atoms with Crippen molar-refractivity contribution in [2.24, 2.45) is 5.92 Å². The maximum absolute atomic E-state index is 2.54. The fraction of sp³-hybridized carbons (Fsp3) is 0.733. The third-order valence-corrected chi connectivity index (χ3v) is 4.43. The van der Waals surface area contributed by atoms with Crippen LogP contribution in [0.5, 0.6) is 0 Å². The Morgan fingerprint density at radius 2 is 2.12 bits per heavy atom. The van der Waals surface area contributed by atoms with Crippen LogP contribution < -0.4 is 0 Å². The van der Waals surface area contributed by atoms with E-state index in [1.807, 2.05) is 0 Å². The molecular formula is C15H24IN. The summed E-state index contributed by atoms with van der Waals surface area (Å²) in [5.41, 5.74) is 3.00. The van der Waals surface area contributed by atoms with Crippen molar-refractivity contribution >= 4 is 22.6 Å². The average molecular weight is 345 g/mol. The van der Waals surface area contributed by atoms with Crippen molar-refractivity contribution in [2.75, 3.05) is 0 Å². The third-order valence-electron chi connectivity index (χ3n) is 3.81. The molecule has 0 aromatic carbocycles. The van der Waals surface area contributed by atoms with Gasteiger partial charge in [0.05, 0.1) is 0 Å². The summed E-state index contributed by atoms with van der Waals surface area (Å²) in [5.74, 6) is 1.81. The Balaban J connectivity index is 2.00. The Hall–Kier alpha value is 0.01000. The summed E-state index contributed by atoms with van der Waals surface area (Å²) in [6.07, 6.45) is 6.52. The third kappa shape index (κ3) is 3.27. The molecule has 0 saturated heterocycles. The monoisotopic (exact) mass is 345 g/mol. The lowest BCUT2D eigenvalue weighted by molar-refractivity contribution is 0.563. The van der Waals surface area contributed by atoms with Gasteiger partial charge in [-0.2, -0.15) is 0 Å². The zero-order valence-electron chi connectivity index (χ0n) is 11.4. The molecule has 2 unspecified atom stereocenters. The van der Waals surface area contributed by atoms with Gasteiger partial charge >= 0.3 is 0 Å². The minimum Gasteiger partial charge on any atom is -0.348 e. The zero-order chi connectivity index (χ0) is 12.6. The van der Waals surface area contributed by atoms with E-state index in [4.69, 9.17) is 0 Å². The van der Waals surface area contributed by atoms with Gasteiger partial charge in [0.2, 0.25) is 0 Å². The number of hydrogen-bond donors (Lipinski definition) is 0. The van der Waals surface area contributed by atoms with Crippen molar-refractivity contribution in [3.05, 3.63) is 23.5 Å². The zero-order valence-corrected chi connectivity index (χ0v) is 13.6. The minimum absolute atomic E-state index is 0.600. The fourth-order valence-corrected chi connectivity index (χ4v) is 3.12. The average Bonchev–Trinajstić information content (AvgIpc) is 2.90. The van der Waals surface area contributed by atoms with Crippen molar-refractivity contribution < 1.29 is 0 Å². The van der Waals surface area contributed by atoms with Crippen LogP contribution >= 0.6 is 22.6 Å². The van der Waals surface area contributed by atoms with Gasteiger partial charge in [-0.1, -0.05) is 29.5 Å². The van der Waals surface area contributed by atoms with Crippen LogP contribution in [0.15, 0.2) is 12.3 Å². The minimum atomic E-state index is 0.600. The fourth-order valence-electron chi connectivity index (χ4n) is 2.76. The van der Waals surface area contributed by atoms with Gasteiger partial charge in [0, 0.05) is 27.8 Å². The summed E-state index contributed by atoms with van der Waals surface area (Å²) in [5, 5.41) is 0. The molecule has 96 valence electrons. The molecule has 0 spiro atoms. The highest BCUT2D eigenvalue weighted by atomic mass is 127. The van der Waals surface area contributed by atoms with Gasteiger partial charge in [0.1, 0.15) is 0 Å². The van der Waals surface area contributed by atoms with Gasteiger partial charge in [-0.15, -0.1) is 0 Å². The molecule has 0 bridgehead atoms. The number of alkyl halides is 1. The first-order valence-corrected chi connectivity index (χ1v) is 8.06. The summed E-state index contributed by atoms with van der Waals surface area (Å²) in [4.78, 5) is 0. The Morgan fingerprint density at radius 1 is 1.41 bits per heavy atom. The van der Waals surface area contributed by atoms with E-state index in [0.29, 0.717) is 6.04 Å². The summed E-state index contributed by atoms with van der Waals surface area (Å²) in [6.45, 7) is 9.10. The first kappa shape index (κ1) is 13.4. The maximum atomic E-state index is 2.54. The second-order valence-electron chi connectivity index (χ2n) is 5.90. The van der Waals surface area contributed by atoms with Crippen molar-refractivity contribution in [1.82, 2.24) is 4.57 Å². The van der Waals surface area contributed by atoms with Gasteiger partial charge in [-0.3, -0.25) is 0 Å². The van der Waals surface area contributed by atoms with Crippen LogP contribution in [0.1, 0.15) is 63.3 Å². The number of aryl methyl sites for hydroxylation is 1. The molecule has 2 rings (SSSR count). The lowest BCUT2D eigenvalue weighted by atomic mass is 10.1. The second kappa shape index (κ2) is 5.33. The highest BCUT2D eigenvalue weighted by molar-refractivity contribution is 14.1. The van der Waals surface area contributed by atoms with Crippen LogP contribution in [0.4, 0.5) is 0 Å². The molecule has 0 radical (unpaired) electrons. The van der Waals surface area contributed by atoms with E-state index in [1.54, 1.807) is 5.69 Å². The van der Waals surface area contributed by atoms with E-state index in [0.717, 1.165) is 15.8 Å². The van der Waals surface area contributed by atoms with Crippen molar-refractivity contribution in [1.29, 1.82) is 0 Å². The summed E-state index contributed by atoms with van der Waals surface area (Å²) < 4.78 is 3.31. The lowest BCUT2D eigenvalue weighted by Crippen LogP contribution is -2.03. The van der Waals surface area contributed by atoms with Crippen LogP contribution in [-0.2, 0) is 0 Å². The number of halogens is 1. The summed E-state index contributed by atoms with van der Waals surface area (Å²) >= 11 is 2.54. The second-order valence-corrected chi connectivity index (χ2v) is 8.03. The lowest BCUT2D eigenvalue weighted by Gasteiger charge is -2.13. The van der Waals surface area contributed by atoms with Crippen molar-refractivity contribution in [3.63, 3.8) is 0 Å². The van der Waals surface area contributed by atoms with Gasteiger partial charge < -0.3 is 4.57 Å². The van der Waals surface area contributed by atoms with E-state index < -0.39 is 0 Å². The summed E-state index contributed by atoms with van der Waals surface area (Å²) in [6, 6.07) is 3.00. The predicted molar refractivity (Wildman–Crippen MR) is 83.1 cm³/mol. The molecular weight excluding hydrogens is 321 g/mol. The highest BCUT2D eigenvalue weighted by Crippen LogP contribution is 2.51. The quantitative estimate of drug-likeness (QED) is 0.518. The van der Waals surface area contributed by atoms with Crippen LogP contribution in [-0.4, -0.2) is 8.49 Å². The predicted octanol–water partition coefficient (Wildman–Crippen LogP) is 5.08. The molecule has 17 heavy (non-hydrogen) atoms. The molecule has 1 saturated carbocycles. The molecule has 0 N–H and O–H groups in total. The molecule has 1 fully saturated rings.